The molecule has 1 amide bonds. The van der Waals surface area contributed by atoms with Crippen molar-refractivity contribution in [3.05, 3.63) is 68.7 Å². The molecule has 44 heavy (non-hydrogen) atoms. The van der Waals surface area contributed by atoms with Gasteiger partial charge in [-0.25, -0.2) is 4.68 Å². The Bertz CT molecular complexity index is 1930. The highest BCUT2D eigenvalue weighted by molar-refractivity contribution is 6.36. The first-order chi connectivity index (χ1) is 21.1. The summed E-state index contributed by atoms with van der Waals surface area (Å²) in [6, 6.07) is 9.23. The number of aryl methyl sites for hydroxylation is 1. The number of anilines is 3. The third-order valence-electron chi connectivity index (χ3n) is 10.00. The molecule has 0 radical (unpaired) electrons. The highest BCUT2D eigenvalue weighted by Crippen LogP contribution is 2.45. The molecular weight excluding hydrogens is 578 g/mol. The zero-order valence-corrected chi connectivity index (χ0v) is 26.1. The van der Waals surface area contributed by atoms with E-state index in [2.05, 4.69) is 34.1 Å². The molecule has 228 valence electrons. The number of amides is 1. The van der Waals surface area contributed by atoms with E-state index in [0.29, 0.717) is 48.6 Å². The maximum atomic E-state index is 14.9. The number of pyridine rings is 1. The van der Waals surface area contributed by atoms with Crippen molar-refractivity contribution in [2.45, 2.75) is 70.7 Å². The Morgan fingerprint density at radius 3 is 2.75 bits per heavy atom. The van der Waals surface area contributed by atoms with Crippen molar-refractivity contribution in [2.75, 3.05) is 34.8 Å². The van der Waals surface area contributed by atoms with E-state index in [1.165, 1.54) is 0 Å². The molecule has 2 bridgehead atoms. The molecule has 10 nitrogen and oxygen atoms in total. The van der Waals surface area contributed by atoms with Crippen molar-refractivity contribution in [1.82, 2.24) is 19.7 Å². The van der Waals surface area contributed by atoms with Crippen LogP contribution in [0.4, 0.5) is 17.1 Å². The molecule has 2 fully saturated rings. The van der Waals surface area contributed by atoms with Crippen LogP contribution in [0, 0.1) is 6.92 Å². The minimum atomic E-state index is -0.333. The number of benzene rings is 2. The van der Waals surface area contributed by atoms with Crippen molar-refractivity contribution < 1.29 is 9.90 Å². The van der Waals surface area contributed by atoms with Gasteiger partial charge in [0.25, 0.3) is 11.5 Å². The van der Waals surface area contributed by atoms with Gasteiger partial charge in [-0.1, -0.05) is 23.7 Å². The summed E-state index contributed by atoms with van der Waals surface area (Å²) in [5.41, 5.74) is 4.81. The number of nitrogens with one attached hydrogen (secondary N) is 1. The normalized spacial score (nSPS) is 22.5. The fourth-order valence-electron chi connectivity index (χ4n) is 8.07. The molecule has 0 aliphatic carbocycles. The van der Waals surface area contributed by atoms with Gasteiger partial charge in [-0.3, -0.25) is 14.2 Å². The number of piperazine rings is 1. The van der Waals surface area contributed by atoms with E-state index in [1.807, 2.05) is 29.8 Å². The predicted octanol–water partition coefficient (Wildman–Crippen LogP) is 4.28. The Balaban J connectivity index is 1.40. The average molecular weight is 614 g/mol. The van der Waals surface area contributed by atoms with E-state index >= 15 is 0 Å². The first kappa shape index (κ1) is 27.5. The minimum Gasteiger partial charge on any atom is -0.508 e. The number of carbonyl (C=O) groups is 1. The molecule has 4 aliphatic heterocycles. The van der Waals surface area contributed by atoms with E-state index < -0.39 is 0 Å². The van der Waals surface area contributed by atoms with Gasteiger partial charge in [-0.05, 0) is 57.6 Å². The van der Waals surface area contributed by atoms with Crippen LogP contribution in [0.5, 0.6) is 5.75 Å². The van der Waals surface area contributed by atoms with Crippen molar-refractivity contribution >= 4 is 45.3 Å². The fraction of sp³-hybridized carbons (Fsp3) is 0.424. The Kier molecular flexibility index (Phi) is 6.09. The van der Waals surface area contributed by atoms with Gasteiger partial charge in [-0.2, -0.15) is 5.10 Å². The summed E-state index contributed by atoms with van der Waals surface area (Å²) in [5, 5.41) is 21.4. The number of fused-ring (bicyclic) bond motifs is 9. The molecule has 4 aromatic rings. The molecule has 0 saturated carbocycles. The Labute approximate surface area is 260 Å². The van der Waals surface area contributed by atoms with Crippen molar-refractivity contribution in [3.8, 4) is 11.6 Å². The van der Waals surface area contributed by atoms with E-state index in [9.17, 15) is 14.7 Å². The second-order valence-electron chi connectivity index (χ2n) is 13.0. The SMILES string of the molecule is Cc1cnn(C(C)C)c1-n1c2c(c3c(c1=O)N(C)C(=O)C1C4CCC(CN31)N4)CCN(c1cc(O)cc3cccc(Cl)c13)C2. The molecule has 3 unspecified atom stereocenters. The zero-order valence-electron chi connectivity index (χ0n) is 25.3. The predicted molar refractivity (Wildman–Crippen MR) is 173 cm³/mol. The second kappa shape index (κ2) is 9.74. The molecule has 6 heterocycles. The van der Waals surface area contributed by atoms with Crippen molar-refractivity contribution in [3.63, 3.8) is 0 Å². The van der Waals surface area contributed by atoms with Gasteiger partial charge in [0.1, 0.15) is 23.3 Å². The van der Waals surface area contributed by atoms with Gasteiger partial charge >= 0.3 is 0 Å². The first-order valence-electron chi connectivity index (χ1n) is 15.5. The van der Waals surface area contributed by atoms with Gasteiger partial charge in [0.15, 0.2) is 0 Å². The highest BCUT2D eigenvalue weighted by atomic mass is 35.5. The molecule has 4 aliphatic rings. The summed E-state index contributed by atoms with van der Waals surface area (Å²) in [4.78, 5) is 34.9. The number of likely N-dealkylation sites (N-methyl/N-ethyl adjacent to an activating group) is 1. The number of aromatic nitrogens is 3. The van der Waals surface area contributed by atoms with Crippen LogP contribution in [-0.4, -0.2) is 63.6 Å². The van der Waals surface area contributed by atoms with Gasteiger partial charge in [0, 0.05) is 60.8 Å². The largest absolute Gasteiger partial charge is 0.508 e. The molecule has 3 atom stereocenters. The third-order valence-corrected chi connectivity index (χ3v) is 10.3. The topological polar surface area (TPSA) is 98.9 Å². The lowest BCUT2D eigenvalue weighted by atomic mass is 9.92. The minimum absolute atomic E-state index is 0.0123. The number of hydrogen-bond acceptors (Lipinski definition) is 7. The van der Waals surface area contributed by atoms with Gasteiger partial charge in [0.05, 0.1) is 34.8 Å². The molecule has 2 N–H and O–H groups in total. The van der Waals surface area contributed by atoms with Crippen LogP contribution in [0.3, 0.4) is 0 Å². The summed E-state index contributed by atoms with van der Waals surface area (Å²) in [5.74, 6) is 0.843. The quantitative estimate of drug-likeness (QED) is 0.356. The molecule has 2 aromatic carbocycles. The highest BCUT2D eigenvalue weighted by Gasteiger charge is 2.51. The average Bonchev–Trinajstić information content (AvgIpc) is 3.56. The number of aromatic hydroxyl groups is 1. The lowest BCUT2D eigenvalue weighted by molar-refractivity contribution is -0.120. The third kappa shape index (κ3) is 3.80. The molecule has 8 rings (SSSR count). The maximum absolute atomic E-state index is 14.9. The van der Waals surface area contributed by atoms with Crippen LogP contribution in [-0.2, 0) is 17.8 Å². The first-order valence-corrected chi connectivity index (χ1v) is 15.8. The summed E-state index contributed by atoms with van der Waals surface area (Å²) in [7, 11) is 1.75. The Morgan fingerprint density at radius 1 is 1.14 bits per heavy atom. The van der Waals surface area contributed by atoms with Gasteiger partial charge in [0.2, 0.25) is 0 Å². The van der Waals surface area contributed by atoms with Crippen LogP contribution in [0.15, 0.2) is 41.3 Å². The van der Waals surface area contributed by atoms with Crippen LogP contribution in [0.25, 0.3) is 16.6 Å². The molecule has 0 spiro atoms. The van der Waals surface area contributed by atoms with Gasteiger partial charge < -0.3 is 25.1 Å². The smallest absolute Gasteiger partial charge is 0.282 e. The van der Waals surface area contributed by atoms with Crippen molar-refractivity contribution in [2.24, 2.45) is 0 Å². The van der Waals surface area contributed by atoms with Crippen LogP contribution in [0.1, 0.15) is 49.6 Å². The van der Waals surface area contributed by atoms with Crippen molar-refractivity contribution in [1.29, 1.82) is 0 Å². The number of phenols is 1. The second-order valence-corrected chi connectivity index (χ2v) is 13.4. The Morgan fingerprint density at radius 2 is 1.95 bits per heavy atom. The molecule has 11 heteroatoms. The number of carbonyl (C=O) groups excluding carboxylic acids is 1. The van der Waals surface area contributed by atoms with Crippen LogP contribution < -0.4 is 25.6 Å². The van der Waals surface area contributed by atoms with E-state index in [-0.39, 0.29) is 35.3 Å². The summed E-state index contributed by atoms with van der Waals surface area (Å²) in [6.07, 6.45) is 4.43. The van der Waals surface area contributed by atoms with E-state index in [0.717, 1.165) is 51.8 Å². The number of halogens is 1. The van der Waals surface area contributed by atoms with E-state index in [4.69, 9.17) is 11.6 Å². The lowest BCUT2D eigenvalue weighted by Crippen LogP contribution is -2.67. The number of hydrogen-bond donors (Lipinski definition) is 2. The fourth-order valence-corrected chi connectivity index (χ4v) is 8.35. The van der Waals surface area contributed by atoms with E-state index in [1.54, 1.807) is 34.8 Å². The lowest BCUT2D eigenvalue weighted by Gasteiger charge is -2.49. The standard InChI is InChI=1S/C33H36ClN7O3/c1-17(2)41-31(18(3)14-35-41)40-26-16-38(25-13-21(42)12-19-6-5-7-23(34)27(19)25)11-10-22(26)28-30(33(40)44)37(4)32(43)29-24-9-8-20(36-24)15-39(28)29/h5-7,12-14,17,20,24,29,36,42H,8-11,15-16H2,1-4H3. The maximum Gasteiger partial charge on any atom is 0.282 e. The zero-order chi connectivity index (χ0) is 30.6. The van der Waals surface area contributed by atoms with Crippen LogP contribution in [0.2, 0.25) is 5.02 Å². The summed E-state index contributed by atoms with van der Waals surface area (Å²) >= 11 is 6.76. The summed E-state index contributed by atoms with van der Waals surface area (Å²) < 4.78 is 3.69. The summed E-state index contributed by atoms with van der Waals surface area (Å²) in [6.45, 7) is 7.85. The Hall–Kier alpha value is -4.02. The number of nitrogens with zero attached hydrogens (tertiary/aromatic N) is 6. The number of phenolic OH excluding ortho intramolecular Hbond substituents is 1. The number of rotatable bonds is 3. The monoisotopic (exact) mass is 613 g/mol. The molecular formula is C33H36ClN7O3. The molecule has 2 saturated heterocycles. The van der Waals surface area contributed by atoms with Crippen LogP contribution >= 0.6 is 11.6 Å². The molecule has 2 aromatic heterocycles. The van der Waals surface area contributed by atoms with Gasteiger partial charge in [-0.15, -0.1) is 0 Å².